The molecular formula is C17H26N2O2. The van der Waals surface area contributed by atoms with Gasteiger partial charge >= 0.3 is 0 Å². The van der Waals surface area contributed by atoms with E-state index in [1.165, 1.54) is 19.4 Å². The van der Waals surface area contributed by atoms with E-state index in [-0.39, 0.29) is 5.91 Å². The highest BCUT2D eigenvalue weighted by Crippen LogP contribution is 2.19. The topological polar surface area (TPSA) is 41.6 Å². The highest BCUT2D eigenvalue weighted by molar-refractivity contribution is 5.95. The van der Waals surface area contributed by atoms with E-state index >= 15 is 0 Å². The smallest absolute Gasteiger partial charge is 0.251 e. The minimum atomic E-state index is 0.0133. The molecule has 4 nitrogen and oxygen atoms in total. The van der Waals surface area contributed by atoms with Gasteiger partial charge in [0.2, 0.25) is 0 Å². The van der Waals surface area contributed by atoms with Crippen molar-refractivity contribution >= 4 is 5.91 Å². The third kappa shape index (κ3) is 4.46. The molecule has 1 amide bonds. The average Bonchev–Trinajstić information content (AvgIpc) is 2.47. The quantitative estimate of drug-likeness (QED) is 0.906. The van der Waals surface area contributed by atoms with Gasteiger partial charge < -0.3 is 15.0 Å². The Morgan fingerprint density at radius 2 is 2.29 bits per heavy atom. The van der Waals surface area contributed by atoms with E-state index in [4.69, 9.17) is 4.74 Å². The van der Waals surface area contributed by atoms with Crippen LogP contribution in [0.15, 0.2) is 18.2 Å². The van der Waals surface area contributed by atoms with Crippen molar-refractivity contribution in [3.05, 3.63) is 29.3 Å². The third-order valence-corrected chi connectivity index (χ3v) is 4.24. The number of amides is 1. The van der Waals surface area contributed by atoms with Gasteiger partial charge in [-0.3, -0.25) is 4.79 Å². The molecule has 1 atom stereocenters. The summed E-state index contributed by atoms with van der Waals surface area (Å²) in [7, 11) is 3.81. The molecule has 4 heteroatoms. The van der Waals surface area contributed by atoms with Crippen LogP contribution in [0.4, 0.5) is 0 Å². The zero-order valence-electron chi connectivity index (χ0n) is 13.3. The fourth-order valence-electron chi connectivity index (χ4n) is 3.01. The second-order valence-electron chi connectivity index (χ2n) is 6.00. The summed E-state index contributed by atoms with van der Waals surface area (Å²) < 4.78 is 5.16. The summed E-state index contributed by atoms with van der Waals surface area (Å²) in [6.45, 7) is 5.04. The normalized spacial score (nSPS) is 19.3. The number of carbonyl (C=O) groups excluding carboxylic acids is 1. The molecule has 1 N–H and O–H groups in total. The van der Waals surface area contributed by atoms with Gasteiger partial charge in [-0.25, -0.2) is 0 Å². The third-order valence-electron chi connectivity index (χ3n) is 4.24. The summed E-state index contributed by atoms with van der Waals surface area (Å²) >= 11 is 0. The molecule has 1 heterocycles. The first-order chi connectivity index (χ1) is 10.1. The number of piperidine rings is 1. The minimum Gasteiger partial charge on any atom is -0.497 e. The van der Waals surface area contributed by atoms with Crippen LogP contribution in [0, 0.1) is 12.8 Å². The predicted octanol–water partition coefficient (Wildman–Crippen LogP) is 2.47. The van der Waals surface area contributed by atoms with E-state index in [1.807, 2.05) is 25.1 Å². The van der Waals surface area contributed by atoms with Gasteiger partial charge in [-0.1, -0.05) is 0 Å². The Bertz CT molecular complexity index is 488. The number of hydrogen-bond acceptors (Lipinski definition) is 3. The Morgan fingerprint density at radius 3 is 2.95 bits per heavy atom. The van der Waals surface area contributed by atoms with Gasteiger partial charge in [0.1, 0.15) is 5.75 Å². The highest BCUT2D eigenvalue weighted by Gasteiger charge is 2.17. The van der Waals surface area contributed by atoms with Crippen molar-refractivity contribution in [2.45, 2.75) is 26.2 Å². The highest BCUT2D eigenvalue weighted by atomic mass is 16.5. The zero-order chi connectivity index (χ0) is 15.2. The SMILES string of the molecule is COc1ccc(C(=O)NCC[C@H]2CCCN(C)C2)c(C)c1. The Balaban J connectivity index is 1.81. The molecule has 21 heavy (non-hydrogen) atoms. The van der Waals surface area contributed by atoms with Crippen LogP contribution in [-0.4, -0.2) is 44.6 Å². The number of methoxy groups -OCH3 is 1. The molecule has 1 aliphatic heterocycles. The summed E-state index contributed by atoms with van der Waals surface area (Å²) in [4.78, 5) is 14.6. The van der Waals surface area contributed by atoms with Crippen LogP contribution in [0.5, 0.6) is 5.75 Å². The first-order valence-corrected chi connectivity index (χ1v) is 7.71. The number of ether oxygens (including phenoxy) is 1. The molecule has 1 aromatic carbocycles. The molecule has 1 fully saturated rings. The lowest BCUT2D eigenvalue weighted by molar-refractivity contribution is 0.0947. The van der Waals surface area contributed by atoms with Crippen molar-refractivity contribution in [1.82, 2.24) is 10.2 Å². The lowest BCUT2D eigenvalue weighted by atomic mass is 9.95. The maximum atomic E-state index is 12.2. The van der Waals surface area contributed by atoms with E-state index in [1.54, 1.807) is 7.11 Å². The van der Waals surface area contributed by atoms with E-state index in [0.717, 1.165) is 36.4 Å². The maximum absolute atomic E-state index is 12.2. The molecular weight excluding hydrogens is 264 g/mol. The summed E-state index contributed by atoms with van der Waals surface area (Å²) in [6, 6.07) is 5.56. The molecule has 116 valence electrons. The summed E-state index contributed by atoms with van der Waals surface area (Å²) in [6.07, 6.45) is 3.61. The van der Waals surface area contributed by atoms with E-state index < -0.39 is 0 Å². The number of carbonyl (C=O) groups is 1. The van der Waals surface area contributed by atoms with Crippen molar-refractivity contribution in [3.8, 4) is 5.75 Å². The van der Waals surface area contributed by atoms with Crippen molar-refractivity contribution in [2.24, 2.45) is 5.92 Å². The lowest BCUT2D eigenvalue weighted by Crippen LogP contribution is -2.34. The summed E-state index contributed by atoms with van der Waals surface area (Å²) in [5.41, 5.74) is 1.68. The number of likely N-dealkylation sites (tertiary alicyclic amines) is 1. The number of benzene rings is 1. The number of nitrogens with zero attached hydrogens (tertiary/aromatic N) is 1. The van der Waals surface area contributed by atoms with Crippen LogP contribution in [0.2, 0.25) is 0 Å². The molecule has 1 aromatic rings. The molecule has 2 rings (SSSR count). The first kappa shape index (κ1) is 15.8. The van der Waals surface area contributed by atoms with Crippen LogP contribution >= 0.6 is 0 Å². The van der Waals surface area contributed by atoms with Gasteiger partial charge in [-0.05, 0) is 69.5 Å². The Morgan fingerprint density at radius 1 is 1.48 bits per heavy atom. The van der Waals surface area contributed by atoms with Crippen LogP contribution < -0.4 is 10.1 Å². The van der Waals surface area contributed by atoms with Crippen molar-refractivity contribution in [1.29, 1.82) is 0 Å². The minimum absolute atomic E-state index is 0.0133. The molecule has 0 unspecified atom stereocenters. The fourth-order valence-corrected chi connectivity index (χ4v) is 3.01. The molecule has 0 aromatic heterocycles. The van der Waals surface area contributed by atoms with Gasteiger partial charge in [-0.15, -0.1) is 0 Å². The first-order valence-electron chi connectivity index (χ1n) is 7.71. The Labute approximate surface area is 127 Å². The Kier molecular flexibility index (Phi) is 5.62. The maximum Gasteiger partial charge on any atom is 0.251 e. The average molecular weight is 290 g/mol. The number of hydrogen-bond donors (Lipinski definition) is 1. The number of rotatable bonds is 5. The van der Waals surface area contributed by atoms with Gasteiger partial charge in [0, 0.05) is 18.7 Å². The molecule has 1 saturated heterocycles. The standard InChI is InChI=1S/C17H26N2O2/c1-13-11-15(21-3)6-7-16(13)17(20)18-9-8-14-5-4-10-19(2)12-14/h6-7,11,14H,4-5,8-10,12H2,1-3H3,(H,18,20)/t14-/m1/s1. The molecule has 1 aliphatic rings. The van der Waals surface area contributed by atoms with E-state index in [0.29, 0.717) is 5.92 Å². The summed E-state index contributed by atoms with van der Waals surface area (Å²) in [5, 5.41) is 3.04. The molecule has 0 aliphatic carbocycles. The fraction of sp³-hybridized carbons (Fsp3) is 0.588. The number of nitrogens with one attached hydrogen (secondary N) is 1. The molecule has 0 radical (unpaired) electrons. The largest absolute Gasteiger partial charge is 0.497 e. The van der Waals surface area contributed by atoms with Crippen molar-refractivity contribution in [2.75, 3.05) is 33.8 Å². The Hall–Kier alpha value is -1.55. The van der Waals surface area contributed by atoms with Gasteiger partial charge in [0.15, 0.2) is 0 Å². The predicted molar refractivity (Wildman–Crippen MR) is 84.9 cm³/mol. The van der Waals surface area contributed by atoms with Gasteiger partial charge in [0.25, 0.3) is 5.91 Å². The van der Waals surface area contributed by atoms with E-state index in [9.17, 15) is 4.79 Å². The van der Waals surface area contributed by atoms with Crippen LogP contribution in [0.3, 0.4) is 0 Å². The molecule has 0 bridgehead atoms. The van der Waals surface area contributed by atoms with Crippen LogP contribution in [0.1, 0.15) is 35.2 Å². The second kappa shape index (κ2) is 7.46. The van der Waals surface area contributed by atoms with Crippen LogP contribution in [0.25, 0.3) is 0 Å². The lowest BCUT2D eigenvalue weighted by Gasteiger charge is -2.29. The number of aryl methyl sites for hydroxylation is 1. The van der Waals surface area contributed by atoms with Gasteiger partial charge in [0.05, 0.1) is 7.11 Å². The monoisotopic (exact) mass is 290 g/mol. The molecule has 0 spiro atoms. The molecule has 0 saturated carbocycles. The summed E-state index contributed by atoms with van der Waals surface area (Å²) in [5.74, 6) is 1.51. The van der Waals surface area contributed by atoms with Gasteiger partial charge in [-0.2, -0.15) is 0 Å². The van der Waals surface area contributed by atoms with Crippen LogP contribution in [-0.2, 0) is 0 Å². The van der Waals surface area contributed by atoms with E-state index in [2.05, 4.69) is 17.3 Å². The zero-order valence-corrected chi connectivity index (χ0v) is 13.3. The second-order valence-corrected chi connectivity index (χ2v) is 6.00. The van der Waals surface area contributed by atoms with Crippen molar-refractivity contribution in [3.63, 3.8) is 0 Å². The van der Waals surface area contributed by atoms with Crippen molar-refractivity contribution < 1.29 is 9.53 Å².